The summed E-state index contributed by atoms with van der Waals surface area (Å²) in [6.45, 7) is 0.534. The second-order valence-electron chi connectivity index (χ2n) is 5.87. The molecule has 0 bridgehead atoms. The van der Waals surface area contributed by atoms with Gasteiger partial charge in [0.25, 0.3) is 0 Å². The van der Waals surface area contributed by atoms with Crippen molar-refractivity contribution in [1.29, 1.82) is 0 Å². The van der Waals surface area contributed by atoms with Gasteiger partial charge in [-0.15, -0.1) is 0 Å². The summed E-state index contributed by atoms with van der Waals surface area (Å²) >= 11 is 0. The number of anilines is 2. The Morgan fingerprint density at radius 3 is 2.43 bits per heavy atom. The van der Waals surface area contributed by atoms with E-state index in [4.69, 9.17) is 5.73 Å². The summed E-state index contributed by atoms with van der Waals surface area (Å²) in [5.74, 6) is 0. The number of nitrogen functional groups attached to an aromatic ring is 1. The third-order valence-electron chi connectivity index (χ3n) is 4.28. The first kappa shape index (κ1) is 15.9. The average Bonchev–Trinajstić information content (AvgIpc) is 2.46. The molecule has 0 saturated heterocycles. The van der Waals surface area contributed by atoms with Crippen molar-refractivity contribution in [3.05, 3.63) is 23.8 Å². The van der Waals surface area contributed by atoms with E-state index in [1.165, 1.54) is 6.07 Å². The van der Waals surface area contributed by atoms with Crippen LogP contribution in [0.25, 0.3) is 0 Å². The maximum atomic E-state index is 12.8. The molecule has 0 heterocycles. The number of rotatable bonds is 4. The van der Waals surface area contributed by atoms with Crippen molar-refractivity contribution < 1.29 is 18.3 Å². The highest BCUT2D eigenvalue weighted by Crippen LogP contribution is 2.38. The van der Waals surface area contributed by atoms with Crippen molar-refractivity contribution in [2.24, 2.45) is 5.41 Å². The van der Waals surface area contributed by atoms with Gasteiger partial charge in [0.15, 0.2) is 0 Å². The van der Waals surface area contributed by atoms with Crippen LogP contribution < -0.4 is 11.1 Å². The van der Waals surface area contributed by atoms with Gasteiger partial charge in [-0.25, -0.2) is 0 Å². The van der Waals surface area contributed by atoms with Gasteiger partial charge in [-0.2, -0.15) is 13.2 Å². The second-order valence-corrected chi connectivity index (χ2v) is 5.87. The Morgan fingerprint density at radius 2 is 1.86 bits per heavy atom. The SMILES string of the molecule is Nc1ccc(NCC2(CO)CCCCC2)cc1C(F)(F)F. The van der Waals surface area contributed by atoms with Crippen LogP contribution >= 0.6 is 0 Å². The summed E-state index contributed by atoms with van der Waals surface area (Å²) in [5, 5.41) is 12.6. The number of benzene rings is 1. The van der Waals surface area contributed by atoms with Gasteiger partial charge in [0.1, 0.15) is 0 Å². The van der Waals surface area contributed by atoms with Crippen LogP contribution in [-0.2, 0) is 6.18 Å². The first-order chi connectivity index (χ1) is 9.86. The van der Waals surface area contributed by atoms with Crippen LogP contribution in [0, 0.1) is 5.41 Å². The molecule has 2 rings (SSSR count). The lowest BCUT2D eigenvalue weighted by Crippen LogP contribution is -2.35. The lowest BCUT2D eigenvalue weighted by atomic mass is 9.74. The number of aliphatic hydroxyl groups excluding tert-OH is 1. The number of nitrogens with two attached hydrogens (primary N) is 1. The van der Waals surface area contributed by atoms with Crippen molar-refractivity contribution in [2.75, 3.05) is 24.2 Å². The molecule has 6 heteroatoms. The molecule has 3 nitrogen and oxygen atoms in total. The molecular formula is C15H21F3N2O. The molecule has 1 aliphatic carbocycles. The van der Waals surface area contributed by atoms with E-state index >= 15 is 0 Å². The van der Waals surface area contributed by atoms with Gasteiger partial charge >= 0.3 is 6.18 Å². The van der Waals surface area contributed by atoms with E-state index in [2.05, 4.69) is 5.32 Å². The zero-order valence-corrected chi connectivity index (χ0v) is 11.8. The largest absolute Gasteiger partial charge is 0.418 e. The van der Waals surface area contributed by atoms with E-state index in [0.717, 1.165) is 38.2 Å². The Labute approximate surface area is 122 Å². The van der Waals surface area contributed by atoms with Crippen molar-refractivity contribution in [1.82, 2.24) is 0 Å². The molecule has 1 aromatic carbocycles. The number of nitrogens with one attached hydrogen (secondary N) is 1. The Bertz CT molecular complexity index is 482. The molecule has 21 heavy (non-hydrogen) atoms. The standard InChI is InChI=1S/C15H21F3N2O/c16-15(17,18)12-8-11(4-5-13(12)19)20-9-14(10-21)6-2-1-3-7-14/h4-5,8,20-21H,1-3,6-7,9-10,19H2. The van der Waals surface area contributed by atoms with Crippen LogP contribution in [0.5, 0.6) is 0 Å². The van der Waals surface area contributed by atoms with E-state index < -0.39 is 11.7 Å². The van der Waals surface area contributed by atoms with E-state index in [-0.39, 0.29) is 17.7 Å². The highest BCUT2D eigenvalue weighted by molar-refractivity contribution is 5.58. The fourth-order valence-electron chi connectivity index (χ4n) is 2.89. The molecule has 4 N–H and O–H groups in total. The minimum absolute atomic E-state index is 0.0566. The summed E-state index contributed by atoms with van der Waals surface area (Å²) < 4.78 is 38.5. The predicted molar refractivity (Wildman–Crippen MR) is 76.9 cm³/mol. The minimum Gasteiger partial charge on any atom is -0.398 e. The fourth-order valence-corrected chi connectivity index (χ4v) is 2.89. The predicted octanol–water partition coefficient (Wildman–Crippen LogP) is 3.64. The van der Waals surface area contributed by atoms with E-state index in [1.54, 1.807) is 6.07 Å². The molecule has 0 aliphatic heterocycles. The lowest BCUT2D eigenvalue weighted by Gasteiger charge is -2.36. The average molecular weight is 302 g/mol. The third kappa shape index (κ3) is 3.81. The van der Waals surface area contributed by atoms with Crippen LogP contribution in [-0.4, -0.2) is 18.3 Å². The zero-order chi connectivity index (χ0) is 15.5. The van der Waals surface area contributed by atoms with Crippen molar-refractivity contribution in [3.63, 3.8) is 0 Å². The van der Waals surface area contributed by atoms with Gasteiger partial charge < -0.3 is 16.2 Å². The molecule has 0 aromatic heterocycles. The minimum atomic E-state index is -4.46. The van der Waals surface area contributed by atoms with Gasteiger partial charge in [-0.1, -0.05) is 19.3 Å². The molecule has 0 unspecified atom stereocenters. The number of alkyl halides is 3. The van der Waals surface area contributed by atoms with Crippen LogP contribution in [0.2, 0.25) is 0 Å². The quantitative estimate of drug-likeness (QED) is 0.744. The maximum absolute atomic E-state index is 12.8. The van der Waals surface area contributed by atoms with Crippen LogP contribution in [0.15, 0.2) is 18.2 Å². The number of aliphatic hydroxyl groups is 1. The molecule has 118 valence electrons. The molecular weight excluding hydrogens is 281 g/mol. The first-order valence-electron chi connectivity index (χ1n) is 7.18. The van der Waals surface area contributed by atoms with Crippen LogP contribution in [0.1, 0.15) is 37.7 Å². The number of halogens is 3. The van der Waals surface area contributed by atoms with E-state index in [0.29, 0.717) is 12.2 Å². The Kier molecular flexibility index (Phi) is 4.66. The highest BCUT2D eigenvalue weighted by Gasteiger charge is 2.34. The molecule has 1 aromatic rings. The number of hydrogen-bond donors (Lipinski definition) is 3. The Morgan fingerprint density at radius 1 is 1.19 bits per heavy atom. The van der Waals surface area contributed by atoms with Crippen molar-refractivity contribution in [3.8, 4) is 0 Å². The van der Waals surface area contributed by atoms with E-state index in [1.807, 2.05) is 0 Å². The molecule has 0 radical (unpaired) electrons. The van der Waals surface area contributed by atoms with Gasteiger partial charge in [-0.05, 0) is 31.0 Å². The molecule has 0 atom stereocenters. The smallest absolute Gasteiger partial charge is 0.398 e. The Balaban J connectivity index is 2.09. The summed E-state index contributed by atoms with van der Waals surface area (Å²) in [5.41, 5.74) is 4.44. The second kappa shape index (κ2) is 6.13. The van der Waals surface area contributed by atoms with Crippen molar-refractivity contribution >= 4 is 11.4 Å². The van der Waals surface area contributed by atoms with Gasteiger partial charge in [-0.3, -0.25) is 0 Å². The third-order valence-corrected chi connectivity index (χ3v) is 4.28. The maximum Gasteiger partial charge on any atom is 0.418 e. The van der Waals surface area contributed by atoms with Gasteiger partial charge in [0.2, 0.25) is 0 Å². The monoisotopic (exact) mass is 302 g/mol. The van der Waals surface area contributed by atoms with Crippen molar-refractivity contribution in [2.45, 2.75) is 38.3 Å². The molecule has 1 aliphatic rings. The van der Waals surface area contributed by atoms with E-state index in [9.17, 15) is 18.3 Å². The molecule has 1 fully saturated rings. The van der Waals surface area contributed by atoms with Crippen LogP contribution in [0.4, 0.5) is 24.5 Å². The summed E-state index contributed by atoms with van der Waals surface area (Å²) in [4.78, 5) is 0. The molecule has 1 saturated carbocycles. The normalized spacial score (nSPS) is 18.5. The zero-order valence-electron chi connectivity index (χ0n) is 11.8. The lowest BCUT2D eigenvalue weighted by molar-refractivity contribution is -0.136. The highest BCUT2D eigenvalue weighted by atomic mass is 19.4. The topological polar surface area (TPSA) is 58.3 Å². The van der Waals surface area contributed by atoms with Crippen LogP contribution in [0.3, 0.4) is 0 Å². The van der Waals surface area contributed by atoms with Gasteiger partial charge in [0, 0.05) is 23.3 Å². The Hall–Kier alpha value is -1.43. The summed E-state index contributed by atoms with van der Waals surface area (Å²) in [7, 11) is 0. The number of hydrogen-bond acceptors (Lipinski definition) is 3. The fraction of sp³-hybridized carbons (Fsp3) is 0.600. The molecule has 0 amide bonds. The summed E-state index contributed by atoms with van der Waals surface area (Å²) in [6, 6.07) is 3.83. The van der Waals surface area contributed by atoms with Gasteiger partial charge in [0.05, 0.1) is 12.2 Å². The molecule has 0 spiro atoms. The first-order valence-corrected chi connectivity index (χ1v) is 7.18. The summed E-state index contributed by atoms with van der Waals surface area (Å²) in [6.07, 6.45) is 0.605.